The van der Waals surface area contributed by atoms with Crippen LogP contribution in [0.2, 0.25) is 0 Å². The lowest BCUT2D eigenvalue weighted by Crippen LogP contribution is -2.26. The van der Waals surface area contributed by atoms with Gasteiger partial charge in [0.1, 0.15) is 0 Å². The van der Waals surface area contributed by atoms with Crippen molar-refractivity contribution in [2.24, 2.45) is 11.7 Å². The molecule has 1 saturated heterocycles. The molecule has 0 aliphatic carbocycles. The lowest BCUT2D eigenvalue weighted by atomic mass is 10.0. The summed E-state index contributed by atoms with van der Waals surface area (Å²) >= 11 is 0. The van der Waals surface area contributed by atoms with Crippen LogP contribution >= 0.6 is 10.6 Å². The number of hydrogen-bond donors (Lipinski definition) is 3. The van der Waals surface area contributed by atoms with Crippen molar-refractivity contribution in [3.63, 3.8) is 0 Å². The summed E-state index contributed by atoms with van der Waals surface area (Å²) in [6, 6.07) is 0.105. The van der Waals surface area contributed by atoms with Gasteiger partial charge in [0.25, 0.3) is 0 Å². The van der Waals surface area contributed by atoms with Crippen LogP contribution in [0.5, 0.6) is 0 Å². The molecule has 0 aromatic heterocycles. The predicted molar refractivity (Wildman–Crippen MR) is 44.3 cm³/mol. The average Bonchev–Trinajstić information content (AvgIpc) is 2.10. The van der Waals surface area contributed by atoms with E-state index in [0.29, 0.717) is 17.4 Å². The van der Waals surface area contributed by atoms with Gasteiger partial charge in [0.15, 0.2) is 0 Å². The molecule has 0 spiro atoms. The van der Waals surface area contributed by atoms with E-state index in [2.05, 4.69) is 0 Å². The highest BCUT2D eigenvalue weighted by Gasteiger charge is 2.30. The first kappa shape index (κ1) is 8.33. The summed E-state index contributed by atoms with van der Waals surface area (Å²) in [5.41, 5.74) is 5.61. The second kappa shape index (κ2) is 2.70. The van der Waals surface area contributed by atoms with Crippen molar-refractivity contribution in [2.75, 3.05) is 11.5 Å². The van der Waals surface area contributed by atoms with E-state index >= 15 is 0 Å². The molecule has 1 aliphatic rings. The van der Waals surface area contributed by atoms with Gasteiger partial charge < -0.3 is 5.73 Å². The van der Waals surface area contributed by atoms with Gasteiger partial charge in [-0.25, -0.2) is 0 Å². The van der Waals surface area contributed by atoms with E-state index in [1.807, 2.05) is 6.92 Å². The fourth-order valence-electron chi connectivity index (χ4n) is 1.26. The maximum atomic E-state index is 9.20. The van der Waals surface area contributed by atoms with E-state index in [9.17, 15) is 9.11 Å². The third kappa shape index (κ3) is 1.85. The zero-order valence-corrected chi connectivity index (χ0v) is 6.97. The fraction of sp³-hybridized carbons (Fsp3) is 1.00. The Morgan fingerprint density at radius 3 is 2.40 bits per heavy atom. The molecule has 0 radical (unpaired) electrons. The zero-order chi connectivity index (χ0) is 7.78. The fourth-order valence-corrected chi connectivity index (χ4v) is 3.27. The van der Waals surface area contributed by atoms with Gasteiger partial charge in [0.2, 0.25) is 0 Å². The predicted octanol–water partition coefficient (Wildman–Crippen LogP) is 1.10. The van der Waals surface area contributed by atoms with Gasteiger partial charge in [-0.15, -0.1) is 0 Å². The Bertz CT molecular complexity index is 127. The van der Waals surface area contributed by atoms with Crippen molar-refractivity contribution in [3.8, 4) is 0 Å². The van der Waals surface area contributed by atoms with Crippen LogP contribution in [0.3, 0.4) is 0 Å². The van der Waals surface area contributed by atoms with E-state index in [0.717, 1.165) is 6.42 Å². The van der Waals surface area contributed by atoms with Crippen molar-refractivity contribution < 1.29 is 9.11 Å². The lowest BCUT2D eigenvalue weighted by molar-refractivity contribution is 0.474. The van der Waals surface area contributed by atoms with E-state index < -0.39 is 10.6 Å². The van der Waals surface area contributed by atoms with Gasteiger partial charge >= 0.3 is 0 Å². The molecule has 0 aromatic rings. The van der Waals surface area contributed by atoms with Gasteiger partial charge in [0.05, 0.1) is 0 Å². The maximum Gasteiger partial charge on any atom is 0.0417 e. The molecule has 3 nitrogen and oxygen atoms in total. The van der Waals surface area contributed by atoms with Crippen LogP contribution < -0.4 is 5.73 Å². The van der Waals surface area contributed by atoms with Gasteiger partial charge in [-0.3, -0.25) is 9.11 Å². The van der Waals surface area contributed by atoms with Crippen molar-refractivity contribution >= 4 is 10.6 Å². The largest absolute Gasteiger partial charge is 0.328 e. The van der Waals surface area contributed by atoms with Crippen molar-refractivity contribution in [1.29, 1.82) is 0 Å². The minimum atomic E-state index is -2.22. The molecule has 62 valence electrons. The second-order valence-corrected chi connectivity index (χ2v) is 5.43. The van der Waals surface area contributed by atoms with Crippen LogP contribution in [-0.4, -0.2) is 26.7 Å². The van der Waals surface area contributed by atoms with Crippen molar-refractivity contribution in [3.05, 3.63) is 0 Å². The molecular weight excluding hydrogens is 150 g/mol. The summed E-state index contributed by atoms with van der Waals surface area (Å²) in [4.78, 5) is 0. The van der Waals surface area contributed by atoms with Gasteiger partial charge in [-0.2, -0.15) is 10.6 Å². The van der Waals surface area contributed by atoms with Crippen LogP contribution in [0.25, 0.3) is 0 Å². The highest BCUT2D eigenvalue weighted by Crippen LogP contribution is 2.48. The zero-order valence-electron chi connectivity index (χ0n) is 6.16. The molecule has 1 rings (SSSR count). The molecule has 1 heterocycles. The number of rotatable bonds is 1. The Kier molecular flexibility index (Phi) is 2.24. The van der Waals surface area contributed by atoms with E-state index in [1.54, 1.807) is 0 Å². The summed E-state index contributed by atoms with van der Waals surface area (Å²) in [7, 11) is -2.22. The Morgan fingerprint density at radius 2 is 2.20 bits per heavy atom. The first-order chi connectivity index (χ1) is 4.51. The second-order valence-electron chi connectivity index (χ2n) is 3.08. The monoisotopic (exact) mass is 165 g/mol. The van der Waals surface area contributed by atoms with E-state index in [1.165, 1.54) is 0 Å². The standard InChI is InChI=1S/C6H15NO2S/c1-5(7)6-2-3-10(8,9)4-6/h5-6,8-9H,2-4,7H2,1H3. The van der Waals surface area contributed by atoms with Crippen molar-refractivity contribution in [2.45, 2.75) is 19.4 Å². The third-order valence-electron chi connectivity index (χ3n) is 2.04. The quantitative estimate of drug-likeness (QED) is 0.545. The normalized spacial score (nSPS) is 37.4. The third-order valence-corrected chi connectivity index (χ3v) is 3.89. The molecule has 4 N–H and O–H groups in total. The van der Waals surface area contributed by atoms with Crippen LogP contribution in [0.1, 0.15) is 13.3 Å². The Balaban J connectivity index is 2.43. The summed E-state index contributed by atoms with van der Waals surface area (Å²) in [6.45, 7) is 1.92. The summed E-state index contributed by atoms with van der Waals surface area (Å²) in [6.07, 6.45) is 0.875. The Morgan fingerprint density at radius 1 is 1.60 bits per heavy atom. The molecule has 2 unspecified atom stereocenters. The molecule has 0 saturated carbocycles. The van der Waals surface area contributed by atoms with Crippen LogP contribution in [0, 0.1) is 5.92 Å². The summed E-state index contributed by atoms with van der Waals surface area (Å²) in [5.74, 6) is 1.40. The molecule has 1 fully saturated rings. The Hall–Kier alpha value is 0.230. The van der Waals surface area contributed by atoms with Crippen LogP contribution in [0.4, 0.5) is 0 Å². The van der Waals surface area contributed by atoms with Crippen LogP contribution in [0.15, 0.2) is 0 Å². The minimum Gasteiger partial charge on any atom is -0.328 e. The highest BCUT2D eigenvalue weighted by atomic mass is 32.3. The van der Waals surface area contributed by atoms with E-state index in [4.69, 9.17) is 5.73 Å². The smallest absolute Gasteiger partial charge is 0.0417 e. The first-order valence-corrected chi connectivity index (χ1v) is 5.39. The first-order valence-electron chi connectivity index (χ1n) is 3.50. The van der Waals surface area contributed by atoms with Gasteiger partial charge in [-0.05, 0) is 19.3 Å². The van der Waals surface area contributed by atoms with E-state index in [-0.39, 0.29) is 6.04 Å². The molecule has 0 amide bonds. The van der Waals surface area contributed by atoms with Crippen molar-refractivity contribution in [1.82, 2.24) is 0 Å². The molecule has 10 heavy (non-hydrogen) atoms. The maximum absolute atomic E-state index is 9.20. The van der Waals surface area contributed by atoms with Gasteiger partial charge in [0, 0.05) is 17.5 Å². The highest BCUT2D eigenvalue weighted by molar-refractivity contribution is 8.24. The topological polar surface area (TPSA) is 66.5 Å². The number of nitrogens with two attached hydrogens (primary N) is 1. The van der Waals surface area contributed by atoms with Crippen LogP contribution in [-0.2, 0) is 0 Å². The molecular formula is C6H15NO2S. The van der Waals surface area contributed by atoms with Gasteiger partial charge in [-0.1, -0.05) is 0 Å². The SMILES string of the molecule is CC(N)C1CCS(O)(O)C1. The summed E-state index contributed by atoms with van der Waals surface area (Å²) in [5, 5.41) is 0. The molecule has 1 aliphatic heterocycles. The lowest BCUT2D eigenvalue weighted by Gasteiger charge is -2.26. The molecule has 2 atom stereocenters. The minimum absolute atomic E-state index is 0.105. The molecule has 4 heteroatoms. The summed E-state index contributed by atoms with van der Waals surface area (Å²) < 4.78 is 18.4. The number of hydrogen-bond acceptors (Lipinski definition) is 3. The molecule has 0 bridgehead atoms. The Labute approximate surface area is 63.0 Å². The average molecular weight is 165 g/mol. The molecule has 0 aromatic carbocycles.